The minimum absolute atomic E-state index is 0.0782. The first kappa shape index (κ1) is 16.1. The second-order valence-electron chi connectivity index (χ2n) is 4.55. The lowest BCUT2D eigenvalue weighted by molar-refractivity contribution is 0.499. The van der Waals surface area contributed by atoms with Crippen molar-refractivity contribution in [1.82, 2.24) is 5.32 Å². The molecule has 0 heterocycles. The summed E-state index contributed by atoms with van der Waals surface area (Å²) < 4.78 is 24.4. The molecule has 0 aliphatic heterocycles. The van der Waals surface area contributed by atoms with Crippen molar-refractivity contribution in [3.05, 3.63) is 32.7 Å². The first-order chi connectivity index (χ1) is 8.19. The number of benzene rings is 1. The molecule has 1 aromatic carbocycles. The topological polar surface area (TPSA) is 46.2 Å². The molecule has 0 bridgehead atoms. The Kier molecular flexibility index (Phi) is 5.83. The highest BCUT2D eigenvalue weighted by molar-refractivity contribution is 9.11. The second-order valence-corrected chi connectivity index (χ2v) is 8.50. The second kappa shape index (κ2) is 6.50. The summed E-state index contributed by atoms with van der Waals surface area (Å²) in [6.07, 6.45) is 1.26. The van der Waals surface area contributed by atoms with E-state index in [1.165, 1.54) is 6.26 Å². The smallest absolute Gasteiger partial charge is 0.148 e. The van der Waals surface area contributed by atoms with Crippen LogP contribution in [0.25, 0.3) is 0 Å². The molecule has 0 saturated heterocycles. The van der Waals surface area contributed by atoms with Crippen LogP contribution in [0.2, 0.25) is 0 Å². The van der Waals surface area contributed by atoms with Gasteiger partial charge in [0.2, 0.25) is 0 Å². The molecular weight excluding hydrogens is 382 g/mol. The lowest BCUT2D eigenvalue weighted by Crippen LogP contribution is -2.34. The largest absolute Gasteiger partial charge is 0.307 e. The Morgan fingerprint density at radius 3 is 2.39 bits per heavy atom. The Balaban J connectivity index is 2.73. The third-order valence-corrected chi connectivity index (χ3v) is 4.80. The van der Waals surface area contributed by atoms with Gasteiger partial charge in [0.1, 0.15) is 9.84 Å². The number of halogens is 2. The fraction of sp³-hybridized carbons (Fsp3) is 0.500. The van der Waals surface area contributed by atoms with Gasteiger partial charge in [0.05, 0.1) is 5.75 Å². The fourth-order valence-corrected chi connectivity index (χ4v) is 4.27. The van der Waals surface area contributed by atoms with Crippen molar-refractivity contribution in [2.75, 3.05) is 12.0 Å². The first-order valence-electron chi connectivity index (χ1n) is 5.58. The third kappa shape index (κ3) is 5.38. The molecule has 2 unspecified atom stereocenters. The van der Waals surface area contributed by atoms with Gasteiger partial charge in [0.25, 0.3) is 0 Å². The van der Waals surface area contributed by atoms with Crippen molar-refractivity contribution in [1.29, 1.82) is 0 Å². The molecule has 0 spiro atoms. The molecule has 1 rings (SSSR count). The molecular formula is C12H17Br2NO2S. The molecule has 0 saturated carbocycles. The maximum Gasteiger partial charge on any atom is 0.148 e. The van der Waals surface area contributed by atoms with Crippen molar-refractivity contribution >= 4 is 41.7 Å². The Morgan fingerprint density at radius 2 is 1.89 bits per heavy atom. The van der Waals surface area contributed by atoms with Gasteiger partial charge in [0.15, 0.2) is 0 Å². The van der Waals surface area contributed by atoms with Crippen LogP contribution >= 0.6 is 31.9 Å². The normalized spacial score (nSPS) is 15.4. The SMILES string of the molecule is CC(CS(C)(=O)=O)NC(C)c1ccc(Br)cc1Br. The van der Waals surface area contributed by atoms with Crippen LogP contribution in [-0.4, -0.2) is 26.5 Å². The van der Waals surface area contributed by atoms with E-state index in [9.17, 15) is 8.42 Å². The highest BCUT2D eigenvalue weighted by Gasteiger charge is 2.15. The van der Waals surface area contributed by atoms with Gasteiger partial charge in [-0.1, -0.05) is 37.9 Å². The summed E-state index contributed by atoms with van der Waals surface area (Å²) in [4.78, 5) is 0. The average Bonchev–Trinajstić information content (AvgIpc) is 2.13. The summed E-state index contributed by atoms with van der Waals surface area (Å²) >= 11 is 6.92. The predicted molar refractivity (Wildman–Crippen MR) is 82.6 cm³/mol. The maximum absolute atomic E-state index is 11.2. The van der Waals surface area contributed by atoms with Gasteiger partial charge in [-0.3, -0.25) is 0 Å². The standard InChI is InChI=1S/C12H17Br2NO2S/c1-8(7-18(3,16)17)15-9(2)11-5-4-10(13)6-12(11)14/h4-6,8-9,15H,7H2,1-3H3. The van der Waals surface area contributed by atoms with Gasteiger partial charge >= 0.3 is 0 Å². The van der Waals surface area contributed by atoms with Gasteiger partial charge < -0.3 is 5.32 Å². The van der Waals surface area contributed by atoms with Crippen LogP contribution in [0.5, 0.6) is 0 Å². The number of sulfone groups is 1. The number of nitrogens with one attached hydrogen (secondary N) is 1. The Bertz CT molecular complexity index is 517. The van der Waals surface area contributed by atoms with E-state index in [1.807, 2.05) is 32.0 Å². The van der Waals surface area contributed by atoms with Crippen molar-refractivity contribution in [2.24, 2.45) is 0 Å². The van der Waals surface area contributed by atoms with E-state index in [2.05, 4.69) is 37.2 Å². The van der Waals surface area contributed by atoms with Crippen molar-refractivity contribution < 1.29 is 8.42 Å². The molecule has 1 N–H and O–H groups in total. The zero-order valence-corrected chi connectivity index (χ0v) is 14.6. The van der Waals surface area contributed by atoms with E-state index in [0.717, 1.165) is 14.5 Å². The molecule has 0 radical (unpaired) electrons. The highest BCUT2D eigenvalue weighted by Crippen LogP contribution is 2.27. The summed E-state index contributed by atoms with van der Waals surface area (Å²) in [5.41, 5.74) is 1.11. The van der Waals surface area contributed by atoms with Crippen LogP contribution < -0.4 is 5.32 Å². The molecule has 0 aromatic heterocycles. The van der Waals surface area contributed by atoms with Crippen LogP contribution in [0.4, 0.5) is 0 Å². The first-order valence-corrected chi connectivity index (χ1v) is 9.22. The number of hydrogen-bond acceptors (Lipinski definition) is 3. The van der Waals surface area contributed by atoms with Crippen molar-refractivity contribution in [2.45, 2.75) is 25.9 Å². The zero-order chi connectivity index (χ0) is 13.9. The molecule has 1 aromatic rings. The van der Waals surface area contributed by atoms with Gasteiger partial charge in [-0.2, -0.15) is 0 Å². The van der Waals surface area contributed by atoms with E-state index < -0.39 is 9.84 Å². The van der Waals surface area contributed by atoms with Crippen LogP contribution in [0.1, 0.15) is 25.5 Å². The Labute approximate surface area is 126 Å². The molecule has 0 amide bonds. The number of rotatable bonds is 5. The molecule has 2 atom stereocenters. The monoisotopic (exact) mass is 397 g/mol. The summed E-state index contributed by atoms with van der Waals surface area (Å²) in [5, 5.41) is 3.29. The third-order valence-electron chi connectivity index (χ3n) is 2.52. The van der Waals surface area contributed by atoms with Crippen LogP contribution in [0, 0.1) is 0 Å². The Hall–Kier alpha value is 0.0900. The minimum atomic E-state index is -2.95. The van der Waals surface area contributed by atoms with Crippen molar-refractivity contribution in [3.8, 4) is 0 Å². The molecule has 0 aliphatic rings. The minimum Gasteiger partial charge on any atom is -0.307 e. The summed E-state index contributed by atoms with van der Waals surface area (Å²) in [6.45, 7) is 3.90. The molecule has 0 fully saturated rings. The Morgan fingerprint density at radius 1 is 1.28 bits per heavy atom. The van der Waals surface area contributed by atoms with Gasteiger partial charge in [0, 0.05) is 27.3 Å². The number of hydrogen-bond donors (Lipinski definition) is 1. The van der Waals surface area contributed by atoms with Gasteiger partial charge in [-0.25, -0.2) is 8.42 Å². The zero-order valence-electron chi connectivity index (χ0n) is 10.6. The molecule has 18 heavy (non-hydrogen) atoms. The quantitative estimate of drug-likeness (QED) is 0.827. The summed E-state index contributed by atoms with van der Waals surface area (Å²) in [7, 11) is -2.95. The summed E-state index contributed by atoms with van der Waals surface area (Å²) in [6, 6.07) is 5.97. The van der Waals surface area contributed by atoms with E-state index >= 15 is 0 Å². The van der Waals surface area contributed by atoms with E-state index in [-0.39, 0.29) is 17.8 Å². The lowest BCUT2D eigenvalue weighted by Gasteiger charge is -2.21. The van der Waals surface area contributed by atoms with Crippen LogP contribution in [-0.2, 0) is 9.84 Å². The molecule has 6 heteroatoms. The predicted octanol–water partition coefficient (Wildman–Crippen LogP) is 3.30. The van der Waals surface area contributed by atoms with E-state index in [1.54, 1.807) is 0 Å². The van der Waals surface area contributed by atoms with Crippen molar-refractivity contribution in [3.63, 3.8) is 0 Å². The maximum atomic E-state index is 11.2. The molecule has 102 valence electrons. The molecule has 3 nitrogen and oxygen atoms in total. The fourth-order valence-electron chi connectivity index (χ4n) is 1.87. The highest BCUT2D eigenvalue weighted by atomic mass is 79.9. The van der Waals surface area contributed by atoms with E-state index in [0.29, 0.717) is 0 Å². The summed E-state index contributed by atoms with van der Waals surface area (Å²) in [5.74, 6) is 0.144. The van der Waals surface area contributed by atoms with Gasteiger partial charge in [-0.15, -0.1) is 0 Å². The lowest BCUT2D eigenvalue weighted by atomic mass is 10.1. The molecule has 0 aliphatic carbocycles. The van der Waals surface area contributed by atoms with Crippen LogP contribution in [0.15, 0.2) is 27.1 Å². The van der Waals surface area contributed by atoms with Crippen LogP contribution in [0.3, 0.4) is 0 Å². The van der Waals surface area contributed by atoms with E-state index in [4.69, 9.17) is 0 Å². The average molecular weight is 399 g/mol. The van der Waals surface area contributed by atoms with Gasteiger partial charge in [-0.05, 0) is 31.5 Å².